The van der Waals surface area contributed by atoms with E-state index in [-0.39, 0.29) is 43.2 Å². The molecule has 0 spiro atoms. The highest BCUT2D eigenvalue weighted by atomic mass is 19.4. The molecule has 156 valence electrons. The van der Waals surface area contributed by atoms with Crippen molar-refractivity contribution in [2.24, 2.45) is 0 Å². The summed E-state index contributed by atoms with van der Waals surface area (Å²) in [6.45, 7) is 4.12. The van der Waals surface area contributed by atoms with Crippen LogP contribution in [0.3, 0.4) is 0 Å². The Kier molecular flexibility index (Phi) is 5.26. The third kappa shape index (κ3) is 3.71. The Morgan fingerprint density at radius 2 is 2.07 bits per heavy atom. The highest BCUT2D eigenvalue weighted by Crippen LogP contribution is 2.35. The van der Waals surface area contributed by atoms with Crippen molar-refractivity contribution in [1.82, 2.24) is 9.55 Å². The predicted molar refractivity (Wildman–Crippen MR) is 96.9 cm³/mol. The van der Waals surface area contributed by atoms with Crippen LogP contribution in [0, 0.1) is 0 Å². The number of aromatic nitrogens is 2. The lowest BCUT2D eigenvalue weighted by Crippen LogP contribution is -2.55. The molecule has 4 heterocycles. The third-order valence-corrected chi connectivity index (χ3v) is 5.70. The van der Waals surface area contributed by atoms with E-state index < -0.39 is 12.2 Å². The first kappa shape index (κ1) is 19.5. The molecule has 10 heteroatoms. The summed E-state index contributed by atoms with van der Waals surface area (Å²) in [6, 6.07) is -0.248. The normalized spacial score (nSPS) is 28.5. The van der Waals surface area contributed by atoms with E-state index in [1.165, 1.54) is 15.5 Å². The summed E-state index contributed by atoms with van der Waals surface area (Å²) >= 11 is 0. The number of morpholine rings is 1. The molecule has 28 heavy (non-hydrogen) atoms. The van der Waals surface area contributed by atoms with Crippen molar-refractivity contribution in [3.8, 4) is 0 Å². The average molecular weight is 402 g/mol. The number of fused-ring (bicyclic) bond motifs is 1. The van der Waals surface area contributed by atoms with Gasteiger partial charge in [-0.05, 0) is 26.2 Å². The third-order valence-electron chi connectivity index (χ3n) is 5.70. The van der Waals surface area contributed by atoms with Crippen LogP contribution >= 0.6 is 0 Å². The van der Waals surface area contributed by atoms with E-state index in [9.17, 15) is 18.0 Å². The first-order chi connectivity index (χ1) is 13.3. The number of ether oxygens (including phenoxy) is 2. The van der Waals surface area contributed by atoms with E-state index >= 15 is 0 Å². The Balaban J connectivity index is 1.73. The molecular formula is C18H25F3N4O3. The SMILES string of the molecule is CC1COCCN1c1cc(=O)n2c(n1)N(CC1CCCO1)[C@H](C(F)(F)F)CC2. The topological polar surface area (TPSA) is 59.8 Å². The van der Waals surface area contributed by atoms with Gasteiger partial charge in [-0.2, -0.15) is 18.2 Å². The second kappa shape index (κ2) is 7.55. The van der Waals surface area contributed by atoms with Crippen LogP contribution in [0.5, 0.6) is 0 Å². The van der Waals surface area contributed by atoms with Gasteiger partial charge < -0.3 is 19.3 Å². The summed E-state index contributed by atoms with van der Waals surface area (Å²) in [5, 5.41) is 0. The summed E-state index contributed by atoms with van der Waals surface area (Å²) in [4.78, 5) is 20.4. The molecular weight excluding hydrogens is 377 g/mol. The van der Waals surface area contributed by atoms with Crippen LogP contribution in [0.2, 0.25) is 0 Å². The Bertz CT molecular complexity index is 763. The molecule has 4 rings (SSSR count). The zero-order valence-electron chi connectivity index (χ0n) is 15.8. The van der Waals surface area contributed by atoms with Gasteiger partial charge in [0.1, 0.15) is 11.9 Å². The number of alkyl halides is 3. The lowest BCUT2D eigenvalue weighted by atomic mass is 10.1. The summed E-state index contributed by atoms with van der Waals surface area (Å²) in [6.07, 6.45) is -3.30. The minimum atomic E-state index is -4.40. The first-order valence-corrected chi connectivity index (χ1v) is 9.76. The highest BCUT2D eigenvalue weighted by molar-refractivity contribution is 5.47. The van der Waals surface area contributed by atoms with E-state index in [0.717, 1.165) is 6.42 Å². The Labute approximate surface area is 161 Å². The highest BCUT2D eigenvalue weighted by Gasteiger charge is 2.47. The van der Waals surface area contributed by atoms with Crippen LogP contribution < -0.4 is 15.4 Å². The molecule has 0 amide bonds. The molecule has 0 radical (unpaired) electrons. The maximum atomic E-state index is 13.8. The van der Waals surface area contributed by atoms with E-state index in [2.05, 4.69) is 4.98 Å². The van der Waals surface area contributed by atoms with Gasteiger partial charge in [0.15, 0.2) is 0 Å². The van der Waals surface area contributed by atoms with Crippen molar-refractivity contribution in [2.45, 2.75) is 57.1 Å². The predicted octanol–water partition coefficient (Wildman–Crippen LogP) is 1.79. The van der Waals surface area contributed by atoms with Crippen LogP contribution in [0.4, 0.5) is 24.9 Å². The number of rotatable bonds is 3. The van der Waals surface area contributed by atoms with Gasteiger partial charge in [0.25, 0.3) is 5.56 Å². The van der Waals surface area contributed by atoms with Gasteiger partial charge in [-0.3, -0.25) is 9.36 Å². The molecule has 3 aliphatic heterocycles. The second-order valence-corrected chi connectivity index (χ2v) is 7.66. The van der Waals surface area contributed by atoms with Crippen LogP contribution in [0.25, 0.3) is 0 Å². The fourth-order valence-electron chi connectivity index (χ4n) is 4.23. The lowest BCUT2D eigenvalue weighted by Gasteiger charge is -2.41. The standard InChI is InChI=1S/C18H25F3N4O3/c1-12-11-27-8-6-23(12)15-9-16(26)24-5-4-14(18(19,20)21)25(17(24)22-15)10-13-3-2-7-28-13/h9,12-14H,2-8,10-11H2,1H3/t12?,13?,14-/m0/s1. The Hall–Kier alpha value is -1.81. The summed E-state index contributed by atoms with van der Waals surface area (Å²) < 4.78 is 53.6. The maximum absolute atomic E-state index is 13.8. The smallest absolute Gasteiger partial charge is 0.377 e. The molecule has 0 bridgehead atoms. The quantitative estimate of drug-likeness (QED) is 0.768. The largest absolute Gasteiger partial charge is 0.408 e. The van der Waals surface area contributed by atoms with E-state index in [1.807, 2.05) is 11.8 Å². The van der Waals surface area contributed by atoms with Crippen molar-refractivity contribution in [2.75, 3.05) is 42.7 Å². The number of hydrogen-bond donors (Lipinski definition) is 0. The molecule has 2 saturated heterocycles. The van der Waals surface area contributed by atoms with Crippen molar-refractivity contribution in [1.29, 1.82) is 0 Å². The van der Waals surface area contributed by atoms with Gasteiger partial charge in [-0.25, -0.2) is 0 Å². The van der Waals surface area contributed by atoms with Gasteiger partial charge in [0.05, 0.1) is 25.4 Å². The van der Waals surface area contributed by atoms with E-state index in [0.29, 0.717) is 38.6 Å². The van der Waals surface area contributed by atoms with Gasteiger partial charge in [-0.1, -0.05) is 0 Å². The lowest BCUT2D eigenvalue weighted by molar-refractivity contribution is -0.153. The average Bonchev–Trinajstić information content (AvgIpc) is 3.14. The fraction of sp³-hybridized carbons (Fsp3) is 0.778. The number of anilines is 2. The van der Waals surface area contributed by atoms with Gasteiger partial charge >= 0.3 is 6.18 Å². The first-order valence-electron chi connectivity index (χ1n) is 9.76. The van der Waals surface area contributed by atoms with Gasteiger partial charge in [0.2, 0.25) is 5.95 Å². The molecule has 1 aromatic heterocycles. The minimum Gasteiger partial charge on any atom is -0.377 e. The molecule has 0 saturated carbocycles. The van der Waals surface area contributed by atoms with Crippen molar-refractivity contribution in [3.63, 3.8) is 0 Å². The molecule has 1 aromatic rings. The molecule has 3 aliphatic rings. The monoisotopic (exact) mass is 402 g/mol. The molecule has 0 N–H and O–H groups in total. The Morgan fingerprint density at radius 1 is 1.25 bits per heavy atom. The van der Waals surface area contributed by atoms with Crippen LogP contribution in [-0.4, -0.2) is 66.8 Å². The Morgan fingerprint density at radius 3 is 2.75 bits per heavy atom. The minimum absolute atomic E-state index is 0.00248. The van der Waals surface area contributed by atoms with E-state index in [1.54, 1.807) is 0 Å². The molecule has 3 atom stereocenters. The number of halogens is 3. The maximum Gasteiger partial charge on any atom is 0.408 e. The van der Waals surface area contributed by atoms with Gasteiger partial charge in [-0.15, -0.1) is 0 Å². The van der Waals surface area contributed by atoms with Crippen LogP contribution in [-0.2, 0) is 16.0 Å². The zero-order valence-corrected chi connectivity index (χ0v) is 15.8. The van der Waals surface area contributed by atoms with Crippen LogP contribution in [0.15, 0.2) is 10.9 Å². The molecule has 0 aromatic carbocycles. The molecule has 0 aliphatic carbocycles. The van der Waals surface area contributed by atoms with Crippen molar-refractivity contribution < 1.29 is 22.6 Å². The summed E-state index contributed by atoms with van der Waals surface area (Å²) in [7, 11) is 0. The molecule has 2 unspecified atom stereocenters. The number of hydrogen-bond acceptors (Lipinski definition) is 6. The molecule has 2 fully saturated rings. The van der Waals surface area contributed by atoms with Gasteiger partial charge in [0, 0.05) is 32.3 Å². The van der Waals surface area contributed by atoms with E-state index in [4.69, 9.17) is 9.47 Å². The van der Waals surface area contributed by atoms with Crippen molar-refractivity contribution in [3.05, 3.63) is 16.4 Å². The van der Waals surface area contributed by atoms with Crippen molar-refractivity contribution >= 4 is 11.8 Å². The number of nitrogens with zero attached hydrogens (tertiary/aromatic N) is 4. The zero-order chi connectivity index (χ0) is 19.9. The van der Waals surface area contributed by atoms with Crippen LogP contribution in [0.1, 0.15) is 26.2 Å². The summed E-state index contributed by atoms with van der Waals surface area (Å²) in [5.74, 6) is 0.498. The fourth-order valence-corrected chi connectivity index (χ4v) is 4.23. The molecule has 7 nitrogen and oxygen atoms in total. The summed E-state index contributed by atoms with van der Waals surface area (Å²) in [5.41, 5.74) is -0.323. The second-order valence-electron chi connectivity index (χ2n) is 7.66.